The van der Waals surface area contributed by atoms with E-state index in [9.17, 15) is 4.79 Å². The van der Waals surface area contributed by atoms with E-state index in [1.54, 1.807) is 18.3 Å². The summed E-state index contributed by atoms with van der Waals surface area (Å²) in [5.41, 5.74) is 1.41. The number of unbranched alkanes of at least 4 members (excludes halogenated alkanes) is 2. The molecule has 0 spiro atoms. The third kappa shape index (κ3) is 4.87. The molecule has 0 aliphatic rings. The van der Waals surface area contributed by atoms with Gasteiger partial charge in [-0.1, -0.05) is 38.0 Å². The molecule has 3 aromatic rings. The topological polar surface area (TPSA) is 71.8 Å². The lowest BCUT2D eigenvalue weighted by Crippen LogP contribution is -1.93. The van der Waals surface area contributed by atoms with E-state index in [0.29, 0.717) is 5.58 Å². The van der Waals surface area contributed by atoms with Crippen LogP contribution in [0.3, 0.4) is 0 Å². The summed E-state index contributed by atoms with van der Waals surface area (Å²) in [6, 6.07) is 10.6. The van der Waals surface area contributed by atoms with Crippen molar-refractivity contribution in [1.29, 1.82) is 0 Å². The van der Waals surface area contributed by atoms with Crippen molar-refractivity contribution in [3.05, 3.63) is 58.7 Å². The first kappa shape index (κ1) is 15.0. The number of hydrogen-bond donors (Lipinski definition) is 1. The van der Waals surface area contributed by atoms with Crippen LogP contribution in [-0.2, 0) is 6.42 Å². The number of nitrogens with one attached hydrogen (secondary N) is 1. The van der Waals surface area contributed by atoms with Crippen LogP contribution in [-0.4, -0.2) is 15.4 Å². The van der Waals surface area contributed by atoms with Crippen LogP contribution in [0.5, 0.6) is 0 Å². The third-order valence-corrected chi connectivity index (χ3v) is 3.03. The molecule has 0 amide bonds. The molecule has 0 aliphatic carbocycles. The maximum atomic E-state index is 10.7. The SMILES string of the molecule is CCCCCc1cn[nH]n1.O=c1ccc2ccccc2o1. The smallest absolute Gasteiger partial charge is 0.336 e. The van der Waals surface area contributed by atoms with Crippen molar-refractivity contribution < 1.29 is 4.42 Å². The Hall–Kier alpha value is -2.43. The van der Waals surface area contributed by atoms with Gasteiger partial charge in [0, 0.05) is 11.5 Å². The van der Waals surface area contributed by atoms with E-state index in [1.165, 1.54) is 25.3 Å². The predicted octanol–water partition coefficient (Wildman–Crippen LogP) is 3.33. The number of aromatic amines is 1. The summed E-state index contributed by atoms with van der Waals surface area (Å²) in [6.45, 7) is 2.20. The number of benzene rings is 1. The maximum Gasteiger partial charge on any atom is 0.336 e. The minimum absolute atomic E-state index is 0.302. The number of nitrogens with zero attached hydrogens (tertiary/aromatic N) is 2. The third-order valence-electron chi connectivity index (χ3n) is 3.03. The fourth-order valence-electron chi connectivity index (χ4n) is 1.91. The first-order valence-electron chi connectivity index (χ1n) is 7.13. The number of rotatable bonds is 4. The molecule has 5 nitrogen and oxygen atoms in total. The van der Waals surface area contributed by atoms with Gasteiger partial charge in [0.1, 0.15) is 5.58 Å². The van der Waals surface area contributed by atoms with E-state index >= 15 is 0 Å². The quantitative estimate of drug-likeness (QED) is 0.589. The Labute approximate surface area is 123 Å². The molecule has 2 aromatic heterocycles. The molecule has 0 atom stereocenters. The van der Waals surface area contributed by atoms with E-state index in [0.717, 1.165) is 17.5 Å². The second kappa shape index (κ2) is 7.99. The van der Waals surface area contributed by atoms with Crippen LogP contribution in [0.1, 0.15) is 31.9 Å². The van der Waals surface area contributed by atoms with Gasteiger partial charge in [0.15, 0.2) is 0 Å². The normalized spacial score (nSPS) is 10.1. The minimum Gasteiger partial charge on any atom is -0.423 e. The van der Waals surface area contributed by atoms with E-state index in [-0.39, 0.29) is 5.63 Å². The van der Waals surface area contributed by atoms with Crippen molar-refractivity contribution >= 4 is 11.0 Å². The Morgan fingerprint density at radius 2 is 2.00 bits per heavy atom. The fraction of sp³-hybridized carbons (Fsp3) is 0.312. The Morgan fingerprint density at radius 3 is 2.76 bits per heavy atom. The highest BCUT2D eigenvalue weighted by Gasteiger charge is 1.93. The summed E-state index contributed by atoms with van der Waals surface area (Å²) in [5, 5.41) is 11.2. The molecule has 21 heavy (non-hydrogen) atoms. The number of aryl methyl sites for hydroxylation is 1. The molecule has 3 rings (SSSR count). The van der Waals surface area contributed by atoms with Crippen LogP contribution in [0.25, 0.3) is 11.0 Å². The van der Waals surface area contributed by atoms with Gasteiger partial charge in [-0.05, 0) is 25.0 Å². The second-order valence-electron chi connectivity index (χ2n) is 4.71. The standard InChI is InChI=1S/C9H6O2.C7H13N3/c10-9-6-5-7-3-1-2-4-8(7)11-9;1-2-3-4-5-7-6-8-10-9-7/h1-6H;6H,2-5H2,1H3,(H,8,9,10). The molecule has 5 heteroatoms. The maximum absolute atomic E-state index is 10.7. The molecule has 0 radical (unpaired) electrons. The Balaban J connectivity index is 0.000000155. The van der Waals surface area contributed by atoms with E-state index in [1.807, 2.05) is 18.2 Å². The minimum atomic E-state index is -0.302. The van der Waals surface area contributed by atoms with Crippen molar-refractivity contribution in [1.82, 2.24) is 15.4 Å². The Kier molecular flexibility index (Phi) is 5.70. The van der Waals surface area contributed by atoms with Crippen molar-refractivity contribution in [3.63, 3.8) is 0 Å². The average molecular weight is 285 g/mol. The average Bonchev–Trinajstić information content (AvgIpc) is 3.01. The lowest BCUT2D eigenvalue weighted by Gasteiger charge is -1.91. The number of hydrogen-bond acceptors (Lipinski definition) is 4. The Morgan fingerprint density at radius 1 is 1.14 bits per heavy atom. The summed E-state index contributed by atoms with van der Waals surface area (Å²) >= 11 is 0. The lowest BCUT2D eigenvalue weighted by molar-refractivity contribution is 0.561. The molecule has 2 heterocycles. The molecule has 1 aromatic carbocycles. The summed E-state index contributed by atoms with van der Waals surface area (Å²) in [4.78, 5) is 10.7. The van der Waals surface area contributed by atoms with Crippen LogP contribution >= 0.6 is 0 Å². The number of H-pyrrole nitrogens is 1. The highest BCUT2D eigenvalue weighted by atomic mass is 16.4. The molecule has 0 bridgehead atoms. The van der Waals surface area contributed by atoms with E-state index < -0.39 is 0 Å². The van der Waals surface area contributed by atoms with Crippen LogP contribution < -0.4 is 5.63 Å². The molecular formula is C16H19N3O2. The van der Waals surface area contributed by atoms with Crippen LogP contribution in [0.4, 0.5) is 0 Å². The van der Waals surface area contributed by atoms with Gasteiger partial charge in [-0.3, -0.25) is 0 Å². The molecule has 0 saturated carbocycles. The van der Waals surface area contributed by atoms with Gasteiger partial charge in [-0.15, -0.1) is 0 Å². The highest BCUT2D eigenvalue weighted by molar-refractivity contribution is 5.75. The van der Waals surface area contributed by atoms with E-state index in [2.05, 4.69) is 22.3 Å². The summed E-state index contributed by atoms with van der Waals surface area (Å²) in [7, 11) is 0. The molecule has 0 aliphatic heterocycles. The van der Waals surface area contributed by atoms with Gasteiger partial charge in [-0.25, -0.2) is 4.79 Å². The molecule has 110 valence electrons. The van der Waals surface area contributed by atoms with Gasteiger partial charge < -0.3 is 4.42 Å². The zero-order chi connectivity index (χ0) is 14.9. The van der Waals surface area contributed by atoms with Crippen molar-refractivity contribution in [2.75, 3.05) is 0 Å². The van der Waals surface area contributed by atoms with Gasteiger partial charge >= 0.3 is 5.63 Å². The van der Waals surface area contributed by atoms with Gasteiger partial charge in [0.2, 0.25) is 0 Å². The lowest BCUT2D eigenvalue weighted by atomic mass is 10.2. The first-order valence-corrected chi connectivity index (χ1v) is 7.13. The van der Waals surface area contributed by atoms with Gasteiger partial charge in [0.25, 0.3) is 0 Å². The zero-order valence-electron chi connectivity index (χ0n) is 12.1. The molecule has 1 N–H and O–H groups in total. The van der Waals surface area contributed by atoms with Crippen molar-refractivity contribution in [2.24, 2.45) is 0 Å². The fourth-order valence-corrected chi connectivity index (χ4v) is 1.91. The predicted molar refractivity (Wildman–Crippen MR) is 82.1 cm³/mol. The zero-order valence-corrected chi connectivity index (χ0v) is 12.1. The number of aromatic nitrogens is 3. The summed E-state index contributed by atoms with van der Waals surface area (Å²) < 4.78 is 4.91. The van der Waals surface area contributed by atoms with Crippen LogP contribution in [0.15, 0.2) is 51.8 Å². The van der Waals surface area contributed by atoms with Crippen LogP contribution in [0, 0.1) is 0 Å². The molecule has 0 fully saturated rings. The van der Waals surface area contributed by atoms with E-state index in [4.69, 9.17) is 4.42 Å². The summed E-state index contributed by atoms with van der Waals surface area (Å²) in [6.07, 6.45) is 6.62. The Bertz CT molecular complexity index is 705. The van der Waals surface area contributed by atoms with Crippen LogP contribution in [0.2, 0.25) is 0 Å². The monoisotopic (exact) mass is 285 g/mol. The summed E-state index contributed by atoms with van der Waals surface area (Å²) in [5.74, 6) is 0. The van der Waals surface area contributed by atoms with Crippen molar-refractivity contribution in [2.45, 2.75) is 32.6 Å². The van der Waals surface area contributed by atoms with Crippen molar-refractivity contribution in [3.8, 4) is 0 Å². The largest absolute Gasteiger partial charge is 0.423 e. The highest BCUT2D eigenvalue weighted by Crippen LogP contribution is 2.08. The molecule has 0 unspecified atom stereocenters. The molecular weight excluding hydrogens is 266 g/mol. The van der Waals surface area contributed by atoms with Gasteiger partial charge in [0.05, 0.1) is 11.9 Å². The number of para-hydroxylation sites is 1. The molecule has 0 saturated heterocycles. The second-order valence-corrected chi connectivity index (χ2v) is 4.71. The first-order chi connectivity index (χ1) is 10.3. The van der Waals surface area contributed by atoms with Gasteiger partial charge in [-0.2, -0.15) is 15.4 Å². The number of fused-ring (bicyclic) bond motifs is 1.